The highest BCUT2D eigenvalue weighted by atomic mass is 16.5. The highest BCUT2D eigenvalue weighted by Crippen LogP contribution is 2.61. The SMILES string of the molecule is C(=C1\CCC[C@@H]2CC3=C(/C(=C/c4ccccc4)CCC3)N3c4ccccc4O[C@@]123)/c1ccccc1. The molecule has 0 N–H and O–H groups in total. The van der Waals surface area contributed by atoms with Gasteiger partial charge in [-0.2, -0.15) is 0 Å². The van der Waals surface area contributed by atoms with E-state index in [-0.39, 0.29) is 0 Å². The Balaban J connectivity index is 1.45. The van der Waals surface area contributed by atoms with Crippen molar-refractivity contribution in [1.29, 1.82) is 0 Å². The maximum absolute atomic E-state index is 7.13. The Bertz CT molecular complexity index is 1350. The van der Waals surface area contributed by atoms with Crippen LogP contribution >= 0.6 is 0 Å². The van der Waals surface area contributed by atoms with Crippen molar-refractivity contribution < 1.29 is 4.74 Å². The van der Waals surface area contributed by atoms with E-state index in [0.29, 0.717) is 5.92 Å². The van der Waals surface area contributed by atoms with Gasteiger partial charge in [0.2, 0.25) is 5.72 Å². The van der Waals surface area contributed by atoms with Gasteiger partial charge in [0.1, 0.15) is 5.75 Å². The van der Waals surface area contributed by atoms with Crippen LogP contribution in [0.5, 0.6) is 5.75 Å². The average Bonchev–Trinajstić information content (AvgIpc) is 3.25. The van der Waals surface area contributed by atoms with Crippen LogP contribution in [0, 0.1) is 5.92 Å². The van der Waals surface area contributed by atoms with Gasteiger partial charge in [0, 0.05) is 11.6 Å². The summed E-state index contributed by atoms with van der Waals surface area (Å²) in [4.78, 5) is 2.63. The van der Waals surface area contributed by atoms with Crippen molar-refractivity contribution in [3.63, 3.8) is 0 Å². The highest BCUT2D eigenvalue weighted by Gasteiger charge is 2.59. The van der Waals surface area contributed by atoms with Crippen LogP contribution < -0.4 is 9.64 Å². The van der Waals surface area contributed by atoms with Crippen LogP contribution in [0.1, 0.15) is 56.1 Å². The number of nitrogens with zero attached hydrogens (tertiary/aromatic N) is 1. The number of fused-ring (bicyclic) bond motifs is 3. The molecule has 2 heteroatoms. The van der Waals surface area contributed by atoms with Crippen molar-refractivity contribution in [2.24, 2.45) is 5.92 Å². The molecule has 0 saturated heterocycles. The number of hydrogen-bond acceptors (Lipinski definition) is 2. The number of anilines is 1. The quantitative estimate of drug-likeness (QED) is 0.383. The molecule has 0 bridgehead atoms. The maximum Gasteiger partial charge on any atom is 0.213 e. The normalized spacial score (nSPS) is 27.2. The predicted octanol–water partition coefficient (Wildman–Crippen LogP) is 8.39. The van der Waals surface area contributed by atoms with Crippen molar-refractivity contribution in [3.8, 4) is 5.75 Å². The molecule has 1 saturated carbocycles. The minimum Gasteiger partial charge on any atom is -0.461 e. The van der Waals surface area contributed by atoms with Crippen molar-refractivity contribution in [2.75, 3.05) is 4.90 Å². The Labute approximate surface area is 208 Å². The van der Waals surface area contributed by atoms with Crippen LogP contribution in [-0.2, 0) is 0 Å². The molecule has 3 aromatic carbocycles. The Morgan fingerprint density at radius 2 is 1.46 bits per heavy atom. The molecule has 0 amide bonds. The van der Waals surface area contributed by atoms with E-state index in [2.05, 4.69) is 102 Å². The zero-order chi connectivity index (χ0) is 23.2. The van der Waals surface area contributed by atoms with Crippen molar-refractivity contribution in [1.82, 2.24) is 0 Å². The molecular weight excluding hydrogens is 426 g/mol. The smallest absolute Gasteiger partial charge is 0.213 e. The predicted molar refractivity (Wildman–Crippen MR) is 144 cm³/mol. The number of para-hydroxylation sites is 2. The number of rotatable bonds is 2. The van der Waals surface area contributed by atoms with E-state index in [1.165, 1.54) is 59.3 Å². The van der Waals surface area contributed by atoms with Crippen LogP contribution in [0.15, 0.2) is 107 Å². The van der Waals surface area contributed by atoms with E-state index >= 15 is 0 Å². The van der Waals surface area contributed by atoms with Gasteiger partial charge in [0.15, 0.2) is 0 Å². The van der Waals surface area contributed by atoms with E-state index in [1.54, 1.807) is 5.57 Å². The fourth-order valence-corrected chi connectivity index (χ4v) is 6.87. The van der Waals surface area contributed by atoms with Gasteiger partial charge in [-0.15, -0.1) is 0 Å². The third-order valence-corrected chi connectivity index (χ3v) is 8.28. The van der Waals surface area contributed by atoms with Gasteiger partial charge in [0.05, 0.1) is 5.69 Å². The lowest BCUT2D eigenvalue weighted by atomic mass is 9.68. The Morgan fingerprint density at radius 1 is 0.743 bits per heavy atom. The molecule has 35 heavy (non-hydrogen) atoms. The highest BCUT2D eigenvalue weighted by molar-refractivity contribution is 5.78. The summed E-state index contributed by atoms with van der Waals surface area (Å²) in [5.74, 6) is 1.49. The van der Waals surface area contributed by atoms with Crippen LogP contribution in [0.2, 0.25) is 0 Å². The first-order chi connectivity index (χ1) is 17.3. The molecule has 0 aromatic heterocycles. The van der Waals surface area contributed by atoms with Gasteiger partial charge >= 0.3 is 0 Å². The lowest BCUT2D eigenvalue weighted by Gasteiger charge is -2.53. The number of hydrogen-bond donors (Lipinski definition) is 0. The zero-order valence-electron chi connectivity index (χ0n) is 20.1. The van der Waals surface area contributed by atoms with Crippen molar-refractivity contribution in [2.45, 2.75) is 50.7 Å². The molecule has 4 aliphatic rings. The number of benzene rings is 3. The fourth-order valence-electron chi connectivity index (χ4n) is 6.87. The molecule has 0 unspecified atom stereocenters. The lowest BCUT2D eigenvalue weighted by Crippen LogP contribution is -2.60. The summed E-state index contributed by atoms with van der Waals surface area (Å²) in [6, 6.07) is 30.3. The second-order valence-corrected chi connectivity index (χ2v) is 10.4. The van der Waals surface area contributed by atoms with E-state index < -0.39 is 5.72 Å². The summed E-state index contributed by atoms with van der Waals surface area (Å²) in [7, 11) is 0. The molecule has 2 nitrogen and oxygen atoms in total. The van der Waals surface area contributed by atoms with E-state index in [4.69, 9.17) is 4.74 Å². The molecule has 7 rings (SSSR count). The van der Waals surface area contributed by atoms with Crippen LogP contribution in [-0.4, -0.2) is 5.72 Å². The van der Waals surface area contributed by atoms with Gasteiger partial charge in [0.25, 0.3) is 0 Å². The first kappa shape index (κ1) is 20.8. The molecule has 2 aliphatic heterocycles. The second-order valence-electron chi connectivity index (χ2n) is 10.4. The molecule has 1 fully saturated rings. The molecular formula is C33H31NO. The summed E-state index contributed by atoms with van der Waals surface area (Å²) >= 11 is 0. The molecule has 1 spiro atoms. The Hall–Kier alpha value is -3.52. The molecule has 3 aromatic rings. The van der Waals surface area contributed by atoms with E-state index in [1.807, 2.05) is 0 Å². The summed E-state index contributed by atoms with van der Waals surface area (Å²) in [5.41, 5.74) is 9.29. The zero-order valence-corrected chi connectivity index (χ0v) is 20.1. The summed E-state index contributed by atoms with van der Waals surface area (Å²) < 4.78 is 7.13. The molecule has 2 aliphatic carbocycles. The molecule has 0 radical (unpaired) electrons. The van der Waals surface area contributed by atoms with E-state index in [0.717, 1.165) is 25.0 Å². The van der Waals surface area contributed by atoms with Gasteiger partial charge in [-0.25, -0.2) is 0 Å². The Kier molecular flexibility index (Phi) is 4.94. The largest absolute Gasteiger partial charge is 0.461 e. The van der Waals surface area contributed by atoms with Crippen molar-refractivity contribution >= 4 is 17.8 Å². The van der Waals surface area contributed by atoms with Crippen LogP contribution in [0.25, 0.3) is 12.2 Å². The van der Waals surface area contributed by atoms with Crippen molar-refractivity contribution in [3.05, 3.63) is 118 Å². The minimum absolute atomic E-state index is 0.427. The standard InChI is InChI=1S/C33H31NO/c1-3-11-24(12-4-1)21-26-15-9-16-27-23-29-18-10-17-28(22-25-13-5-2-6-14-25)33(29)34(32(26)27)30-19-7-8-20-31(30)35-33/h1-8,11-14,19-22,29H,9-10,15-18,23H2/b26-21+,28-22-/t29-,33+/m1/s1. The van der Waals surface area contributed by atoms with Crippen LogP contribution in [0.4, 0.5) is 5.69 Å². The molecule has 2 atom stereocenters. The average molecular weight is 458 g/mol. The number of ether oxygens (including phenoxy) is 1. The third-order valence-electron chi connectivity index (χ3n) is 8.28. The summed E-state index contributed by atoms with van der Waals surface area (Å²) in [5, 5.41) is 0. The minimum atomic E-state index is -0.427. The molecule has 2 heterocycles. The lowest BCUT2D eigenvalue weighted by molar-refractivity contribution is 0.0353. The van der Waals surface area contributed by atoms with Gasteiger partial charge in [-0.05, 0) is 97.1 Å². The Morgan fingerprint density at radius 3 is 2.26 bits per heavy atom. The summed E-state index contributed by atoms with van der Waals surface area (Å²) in [6.45, 7) is 0. The van der Waals surface area contributed by atoms with Crippen LogP contribution in [0.3, 0.4) is 0 Å². The van der Waals surface area contributed by atoms with Gasteiger partial charge in [-0.3, -0.25) is 4.90 Å². The first-order valence-corrected chi connectivity index (χ1v) is 13.2. The fraction of sp³-hybridized carbons (Fsp3) is 0.273. The maximum atomic E-state index is 7.13. The first-order valence-electron chi connectivity index (χ1n) is 13.2. The van der Waals surface area contributed by atoms with E-state index in [9.17, 15) is 0 Å². The molecule has 174 valence electrons. The summed E-state index contributed by atoms with van der Waals surface area (Å²) in [6.07, 6.45) is 13.1. The third kappa shape index (κ3) is 3.31. The number of allylic oxidation sites excluding steroid dienone is 2. The monoisotopic (exact) mass is 457 g/mol. The topological polar surface area (TPSA) is 12.5 Å². The van der Waals surface area contributed by atoms with Gasteiger partial charge in [-0.1, -0.05) is 72.8 Å². The van der Waals surface area contributed by atoms with Gasteiger partial charge < -0.3 is 4.74 Å². The second kappa shape index (κ2) is 8.30.